The molecule has 6 heteroatoms. The second-order valence-corrected chi connectivity index (χ2v) is 7.98. The van der Waals surface area contributed by atoms with E-state index in [0.717, 1.165) is 62.6 Å². The smallest absolute Gasteiger partial charge is 0.336 e. The summed E-state index contributed by atoms with van der Waals surface area (Å²) in [6.07, 6.45) is 5.58. The third kappa shape index (κ3) is 3.68. The van der Waals surface area contributed by atoms with Crippen molar-refractivity contribution in [2.45, 2.75) is 45.4 Å². The first-order valence-corrected chi connectivity index (χ1v) is 10.2. The lowest BCUT2D eigenvalue weighted by atomic mass is 9.77. The van der Waals surface area contributed by atoms with E-state index in [-0.39, 0.29) is 23.7 Å². The SMILES string of the molecule is Cc1cc(=O)oc2cc(NC(=O)[C@H]3CCCC[C@H]3C(=O)N3CCCC3)ccc12. The Morgan fingerprint density at radius 2 is 1.75 bits per heavy atom. The summed E-state index contributed by atoms with van der Waals surface area (Å²) in [5.74, 6) is -0.515. The van der Waals surface area contributed by atoms with E-state index < -0.39 is 5.63 Å². The topological polar surface area (TPSA) is 79.6 Å². The summed E-state index contributed by atoms with van der Waals surface area (Å²) in [5.41, 5.74) is 1.48. The number of fused-ring (bicyclic) bond motifs is 1. The zero-order chi connectivity index (χ0) is 19.7. The quantitative estimate of drug-likeness (QED) is 0.825. The van der Waals surface area contributed by atoms with E-state index in [1.54, 1.807) is 6.07 Å². The Morgan fingerprint density at radius 3 is 2.50 bits per heavy atom. The van der Waals surface area contributed by atoms with Gasteiger partial charge in [0.15, 0.2) is 0 Å². The molecular formula is C22H26N2O4. The molecule has 1 aromatic carbocycles. The van der Waals surface area contributed by atoms with Crippen LogP contribution >= 0.6 is 0 Å². The summed E-state index contributed by atoms with van der Waals surface area (Å²) in [6.45, 7) is 3.48. The lowest BCUT2D eigenvalue weighted by Gasteiger charge is -2.32. The highest BCUT2D eigenvalue weighted by Gasteiger charge is 2.38. The molecule has 148 valence electrons. The van der Waals surface area contributed by atoms with Crippen molar-refractivity contribution < 1.29 is 14.0 Å². The minimum absolute atomic E-state index is 0.119. The first kappa shape index (κ1) is 18.7. The molecule has 2 aromatic rings. The molecule has 2 amide bonds. The van der Waals surface area contributed by atoms with E-state index >= 15 is 0 Å². The average Bonchev–Trinajstić information content (AvgIpc) is 3.21. The number of rotatable bonds is 3. The van der Waals surface area contributed by atoms with Crippen molar-refractivity contribution in [2.24, 2.45) is 11.8 Å². The molecule has 1 aliphatic carbocycles. The highest BCUT2D eigenvalue weighted by atomic mass is 16.4. The minimum Gasteiger partial charge on any atom is -0.423 e. The van der Waals surface area contributed by atoms with Crippen LogP contribution < -0.4 is 10.9 Å². The highest BCUT2D eigenvalue weighted by Crippen LogP contribution is 2.33. The molecule has 2 fully saturated rings. The molecule has 2 atom stereocenters. The number of anilines is 1. The maximum atomic E-state index is 13.0. The van der Waals surface area contributed by atoms with Gasteiger partial charge in [0, 0.05) is 48.1 Å². The molecule has 0 spiro atoms. The number of benzene rings is 1. The maximum Gasteiger partial charge on any atom is 0.336 e. The molecule has 2 aliphatic rings. The Hall–Kier alpha value is -2.63. The van der Waals surface area contributed by atoms with Crippen molar-refractivity contribution >= 4 is 28.5 Å². The van der Waals surface area contributed by atoms with Crippen LogP contribution in [0, 0.1) is 18.8 Å². The number of amides is 2. The van der Waals surface area contributed by atoms with Crippen LogP contribution in [0.1, 0.15) is 44.1 Å². The molecule has 1 aliphatic heterocycles. The van der Waals surface area contributed by atoms with Gasteiger partial charge >= 0.3 is 5.63 Å². The molecule has 2 heterocycles. The number of nitrogens with one attached hydrogen (secondary N) is 1. The lowest BCUT2D eigenvalue weighted by molar-refractivity contribution is -0.141. The number of carbonyl (C=O) groups is 2. The molecule has 1 saturated heterocycles. The van der Waals surface area contributed by atoms with Gasteiger partial charge in [0.25, 0.3) is 0 Å². The molecule has 28 heavy (non-hydrogen) atoms. The predicted molar refractivity (Wildman–Crippen MR) is 107 cm³/mol. The standard InChI is InChI=1S/C22H26N2O4/c1-14-12-20(25)28-19-13-15(8-9-16(14)19)23-21(26)17-6-2-3-7-18(17)22(27)24-10-4-5-11-24/h8-9,12-13,17-18H,2-7,10-11H2,1H3,(H,23,26)/t17-,18+/m0/s1. The third-order valence-corrected chi connectivity index (χ3v) is 6.06. The van der Waals surface area contributed by atoms with Crippen LogP contribution in [0.15, 0.2) is 33.5 Å². The van der Waals surface area contributed by atoms with E-state index in [4.69, 9.17) is 4.42 Å². The summed E-state index contributed by atoms with van der Waals surface area (Å²) >= 11 is 0. The second-order valence-electron chi connectivity index (χ2n) is 7.98. The Balaban J connectivity index is 1.53. The maximum absolute atomic E-state index is 13.0. The van der Waals surface area contributed by atoms with Gasteiger partial charge in [-0.05, 0) is 50.3 Å². The Bertz CT molecular complexity index is 959. The van der Waals surface area contributed by atoms with Crippen molar-refractivity contribution in [3.05, 3.63) is 40.2 Å². The minimum atomic E-state index is -0.406. The van der Waals surface area contributed by atoms with Gasteiger partial charge in [0.2, 0.25) is 11.8 Å². The van der Waals surface area contributed by atoms with E-state index in [1.165, 1.54) is 6.07 Å². The van der Waals surface area contributed by atoms with Crippen LogP contribution in [-0.2, 0) is 9.59 Å². The fourth-order valence-corrected chi connectivity index (χ4v) is 4.55. The summed E-state index contributed by atoms with van der Waals surface area (Å²) < 4.78 is 5.27. The van der Waals surface area contributed by atoms with E-state index in [2.05, 4.69) is 5.32 Å². The van der Waals surface area contributed by atoms with Gasteiger partial charge in [-0.3, -0.25) is 9.59 Å². The number of hydrogen-bond donors (Lipinski definition) is 1. The van der Waals surface area contributed by atoms with E-state index in [0.29, 0.717) is 11.3 Å². The molecule has 6 nitrogen and oxygen atoms in total. The van der Waals surface area contributed by atoms with Gasteiger partial charge < -0.3 is 14.6 Å². The molecule has 1 N–H and O–H groups in total. The first-order chi connectivity index (χ1) is 13.5. The highest BCUT2D eigenvalue weighted by molar-refractivity contribution is 5.97. The van der Waals surface area contributed by atoms with Gasteiger partial charge in [-0.2, -0.15) is 0 Å². The van der Waals surface area contributed by atoms with E-state index in [9.17, 15) is 14.4 Å². The number of aryl methyl sites for hydroxylation is 1. The fraction of sp³-hybridized carbons (Fsp3) is 0.500. The zero-order valence-electron chi connectivity index (χ0n) is 16.2. The van der Waals surface area contributed by atoms with Crippen LogP contribution in [0.25, 0.3) is 11.0 Å². The van der Waals surface area contributed by atoms with Gasteiger partial charge in [0.05, 0.1) is 0 Å². The number of hydrogen-bond acceptors (Lipinski definition) is 4. The molecule has 4 rings (SSSR count). The molecule has 0 unspecified atom stereocenters. The Labute approximate surface area is 163 Å². The number of likely N-dealkylation sites (tertiary alicyclic amines) is 1. The number of nitrogens with zero attached hydrogens (tertiary/aromatic N) is 1. The monoisotopic (exact) mass is 382 g/mol. The summed E-state index contributed by atoms with van der Waals surface area (Å²) in [6, 6.07) is 6.79. The van der Waals surface area contributed by atoms with Crippen LogP contribution in [0.2, 0.25) is 0 Å². The summed E-state index contributed by atoms with van der Waals surface area (Å²) in [4.78, 5) is 39.5. The van der Waals surface area contributed by atoms with Crippen molar-refractivity contribution in [3.63, 3.8) is 0 Å². The zero-order valence-corrected chi connectivity index (χ0v) is 16.2. The average molecular weight is 382 g/mol. The van der Waals surface area contributed by atoms with Crippen molar-refractivity contribution in [1.82, 2.24) is 4.90 Å². The first-order valence-electron chi connectivity index (χ1n) is 10.2. The molecule has 0 bridgehead atoms. The van der Waals surface area contributed by atoms with Crippen LogP contribution in [-0.4, -0.2) is 29.8 Å². The largest absolute Gasteiger partial charge is 0.423 e. The second kappa shape index (κ2) is 7.78. The van der Waals surface area contributed by atoms with E-state index in [1.807, 2.05) is 24.0 Å². The predicted octanol–water partition coefficient (Wildman–Crippen LogP) is 3.47. The van der Waals surface area contributed by atoms with Crippen LogP contribution in [0.3, 0.4) is 0 Å². The lowest BCUT2D eigenvalue weighted by Crippen LogP contribution is -2.42. The Morgan fingerprint density at radius 1 is 1.04 bits per heavy atom. The van der Waals surface area contributed by atoms with Crippen molar-refractivity contribution in [2.75, 3.05) is 18.4 Å². The van der Waals surface area contributed by atoms with Gasteiger partial charge in [-0.25, -0.2) is 4.79 Å². The van der Waals surface area contributed by atoms with Crippen molar-refractivity contribution in [1.29, 1.82) is 0 Å². The number of carbonyl (C=O) groups excluding carboxylic acids is 2. The fourth-order valence-electron chi connectivity index (χ4n) is 4.55. The third-order valence-electron chi connectivity index (χ3n) is 6.06. The molecular weight excluding hydrogens is 356 g/mol. The Kier molecular flexibility index (Phi) is 5.20. The van der Waals surface area contributed by atoms with Gasteiger partial charge in [-0.15, -0.1) is 0 Å². The van der Waals surface area contributed by atoms with Crippen LogP contribution in [0.4, 0.5) is 5.69 Å². The van der Waals surface area contributed by atoms with Crippen LogP contribution in [0.5, 0.6) is 0 Å². The molecule has 1 aromatic heterocycles. The summed E-state index contributed by atoms with van der Waals surface area (Å²) in [5, 5.41) is 3.79. The molecule has 0 radical (unpaired) electrons. The molecule has 1 saturated carbocycles. The normalized spacial score (nSPS) is 22.4. The van der Waals surface area contributed by atoms with Gasteiger partial charge in [0.1, 0.15) is 5.58 Å². The van der Waals surface area contributed by atoms with Gasteiger partial charge in [-0.1, -0.05) is 12.8 Å². The summed E-state index contributed by atoms with van der Waals surface area (Å²) in [7, 11) is 0. The van der Waals surface area contributed by atoms with Crippen molar-refractivity contribution in [3.8, 4) is 0 Å².